The molecule has 0 spiro atoms. The van der Waals surface area contributed by atoms with Gasteiger partial charge in [0.15, 0.2) is 17.5 Å². The Labute approximate surface area is 242 Å². The van der Waals surface area contributed by atoms with Gasteiger partial charge in [0.05, 0.1) is 35.3 Å². The van der Waals surface area contributed by atoms with Gasteiger partial charge in [-0.05, 0) is 69.9 Å². The first-order chi connectivity index (χ1) is 20.2. The number of carbonyl (C=O) groups excluding carboxylic acids is 1. The number of aliphatic imine (C=N–C) groups is 1. The number of nitrogens with two attached hydrogens (primary N) is 2. The largest absolute Gasteiger partial charge is 0.402 e. The van der Waals surface area contributed by atoms with E-state index in [9.17, 15) is 9.18 Å². The van der Waals surface area contributed by atoms with Crippen LogP contribution in [0, 0.1) is 5.82 Å². The fraction of sp³-hybridized carbons (Fsp3) is 0.345. The molecule has 5 N–H and O–H groups in total. The van der Waals surface area contributed by atoms with Gasteiger partial charge in [0.1, 0.15) is 11.4 Å². The number of nitrogens with zero attached hydrogens (tertiary/aromatic N) is 7. The maximum atomic E-state index is 13.5. The van der Waals surface area contributed by atoms with E-state index in [0.29, 0.717) is 48.7 Å². The van der Waals surface area contributed by atoms with Gasteiger partial charge in [0, 0.05) is 30.3 Å². The number of fused-ring (bicyclic) bond motifs is 1. The van der Waals surface area contributed by atoms with Crippen LogP contribution in [0.2, 0.25) is 0 Å². The maximum Gasteiger partial charge on any atom is 0.252 e. The average Bonchev–Trinajstić information content (AvgIpc) is 3.42. The van der Waals surface area contributed by atoms with Crippen LogP contribution >= 0.6 is 0 Å². The molecule has 0 radical (unpaired) electrons. The van der Waals surface area contributed by atoms with Crippen molar-refractivity contribution in [1.82, 2.24) is 35.3 Å². The predicted octanol–water partition coefficient (Wildman–Crippen LogP) is 3.52. The van der Waals surface area contributed by atoms with E-state index in [-0.39, 0.29) is 17.7 Å². The summed E-state index contributed by atoms with van der Waals surface area (Å²) in [4.78, 5) is 27.4. The van der Waals surface area contributed by atoms with E-state index >= 15 is 0 Å². The van der Waals surface area contributed by atoms with Gasteiger partial charge >= 0.3 is 0 Å². The number of hydrogen-bond donors (Lipinski definition) is 3. The Morgan fingerprint density at radius 3 is 2.69 bits per heavy atom. The van der Waals surface area contributed by atoms with Crippen molar-refractivity contribution in [3.8, 4) is 5.82 Å². The number of nitrogens with one attached hydrogen (secondary N) is 1. The van der Waals surface area contributed by atoms with Crippen molar-refractivity contribution in [3.63, 3.8) is 0 Å². The average molecular weight is 573 g/mol. The van der Waals surface area contributed by atoms with Crippen molar-refractivity contribution in [1.29, 1.82) is 0 Å². The highest BCUT2D eigenvalue weighted by Gasteiger charge is 2.43. The molecule has 1 aliphatic rings. The van der Waals surface area contributed by atoms with Gasteiger partial charge in [-0.25, -0.2) is 19.0 Å². The first-order valence-electron chi connectivity index (χ1n) is 13.6. The van der Waals surface area contributed by atoms with Crippen molar-refractivity contribution in [2.45, 2.75) is 57.1 Å². The highest BCUT2D eigenvalue weighted by atomic mass is 19.1. The zero-order chi connectivity index (χ0) is 29.9. The summed E-state index contributed by atoms with van der Waals surface area (Å²) >= 11 is 0. The third kappa shape index (κ3) is 6.10. The molecule has 12 nitrogen and oxygen atoms in total. The van der Waals surface area contributed by atoms with E-state index in [2.05, 4.69) is 30.6 Å². The van der Waals surface area contributed by atoms with Crippen LogP contribution < -0.4 is 16.8 Å². The highest BCUT2D eigenvalue weighted by Crippen LogP contribution is 2.41. The summed E-state index contributed by atoms with van der Waals surface area (Å²) < 4.78 is 20.4. The van der Waals surface area contributed by atoms with Crippen LogP contribution in [0.15, 0.2) is 65.7 Å². The molecular weight excluding hydrogens is 539 g/mol. The molecule has 13 heteroatoms. The second-order valence-corrected chi connectivity index (χ2v) is 10.5. The minimum absolute atomic E-state index is 0.0459. The molecule has 1 fully saturated rings. The number of methoxy groups -OCH3 is 1. The van der Waals surface area contributed by atoms with Gasteiger partial charge in [0.25, 0.3) is 5.91 Å². The summed E-state index contributed by atoms with van der Waals surface area (Å²) in [6.45, 7) is 3.56. The quantitative estimate of drug-likeness (QED) is 0.211. The van der Waals surface area contributed by atoms with Crippen molar-refractivity contribution >= 4 is 28.5 Å². The van der Waals surface area contributed by atoms with E-state index in [1.54, 1.807) is 38.4 Å². The number of allylic oxidation sites excluding steroid dienone is 1. The van der Waals surface area contributed by atoms with Crippen LogP contribution in [-0.4, -0.2) is 54.4 Å². The summed E-state index contributed by atoms with van der Waals surface area (Å²) in [6.07, 6.45) is 7.93. The highest BCUT2D eigenvalue weighted by molar-refractivity contribution is 5.94. The number of aromatic nitrogens is 6. The molecule has 5 rings (SSSR count). The summed E-state index contributed by atoms with van der Waals surface area (Å²) in [6, 6.07) is 8.63. The monoisotopic (exact) mass is 572 g/mol. The summed E-state index contributed by atoms with van der Waals surface area (Å²) in [5.41, 5.74) is 13.5. The van der Waals surface area contributed by atoms with E-state index in [0.717, 1.165) is 22.8 Å². The standard InChI is InChI=1S/C29H33FN10O2/c1-17(31)13-23(32)36-24-14-20-5-4-12-33-26(20)27(37-24)19-8-10-29(42-3,11-9-19)28(41)35-18(2)22-6-7-25(39-38-22)40-16-21(30)15-34-40/h4-7,12-16,18-19H,8-11,31H2,1-3H3,(H,35,41)(H2,32,36,37)/b17-13-/t18-,19?,29?/m0/s1. The van der Waals surface area contributed by atoms with Crippen LogP contribution in [0.25, 0.3) is 16.7 Å². The number of amides is 1. The molecule has 4 heterocycles. The number of ether oxygens (including phenoxy) is 1. The van der Waals surface area contributed by atoms with E-state index in [1.165, 1.54) is 10.9 Å². The molecule has 0 aliphatic heterocycles. The topological polar surface area (TPSA) is 172 Å². The molecule has 0 aromatic carbocycles. The lowest BCUT2D eigenvalue weighted by molar-refractivity contribution is -0.148. The van der Waals surface area contributed by atoms with Gasteiger partial charge < -0.3 is 21.5 Å². The van der Waals surface area contributed by atoms with Gasteiger partial charge in [-0.15, -0.1) is 5.10 Å². The Kier molecular flexibility index (Phi) is 8.20. The number of hydrogen-bond acceptors (Lipinski definition) is 9. The van der Waals surface area contributed by atoms with Crippen molar-refractivity contribution in [2.75, 3.05) is 7.11 Å². The number of amidine groups is 1. The fourth-order valence-corrected chi connectivity index (χ4v) is 5.23. The van der Waals surface area contributed by atoms with Crippen molar-refractivity contribution in [3.05, 3.63) is 77.9 Å². The lowest BCUT2D eigenvalue weighted by Gasteiger charge is -2.38. The molecule has 1 saturated carbocycles. The predicted molar refractivity (Wildman–Crippen MR) is 155 cm³/mol. The third-order valence-electron chi connectivity index (χ3n) is 7.45. The van der Waals surface area contributed by atoms with Crippen LogP contribution in [0.3, 0.4) is 0 Å². The maximum absolute atomic E-state index is 13.5. The molecule has 0 bridgehead atoms. The summed E-state index contributed by atoms with van der Waals surface area (Å²) in [5, 5.41) is 16.1. The third-order valence-corrected chi connectivity index (χ3v) is 7.45. The number of carbonyl (C=O) groups is 1. The number of halogens is 1. The van der Waals surface area contributed by atoms with E-state index in [4.69, 9.17) is 21.2 Å². The van der Waals surface area contributed by atoms with E-state index < -0.39 is 17.5 Å². The molecule has 1 aliphatic carbocycles. The Balaban J connectivity index is 1.30. The van der Waals surface area contributed by atoms with Gasteiger partial charge in [-0.1, -0.05) is 6.07 Å². The Hall–Kier alpha value is -4.78. The van der Waals surface area contributed by atoms with Crippen LogP contribution in [0.4, 0.5) is 10.2 Å². The first-order valence-corrected chi connectivity index (χ1v) is 13.6. The Morgan fingerprint density at radius 2 is 2.05 bits per heavy atom. The van der Waals surface area contributed by atoms with Gasteiger partial charge in [0.2, 0.25) is 0 Å². The molecule has 4 aromatic heterocycles. The Bertz CT molecular complexity index is 1640. The second kappa shape index (κ2) is 12.0. The van der Waals surface area contributed by atoms with Crippen molar-refractivity contribution in [2.24, 2.45) is 16.5 Å². The molecule has 1 amide bonds. The van der Waals surface area contributed by atoms with Gasteiger partial charge in [-0.2, -0.15) is 10.2 Å². The fourth-order valence-electron chi connectivity index (χ4n) is 5.23. The number of rotatable bonds is 8. The molecule has 42 heavy (non-hydrogen) atoms. The number of pyridine rings is 2. The van der Waals surface area contributed by atoms with Crippen LogP contribution in [0.5, 0.6) is 0 Å². The van der Waals surface area contributed by atoms with Crippen LogP contribution in [0.1, 0.15) is 62.9 Å². The lowest BCUT2D eigenvalue weighted by atomic mass is 9.76. The van der Waals surface area contributed by atoms with Crippen molar-refractivity contribution < 1.29 is 13.9 Å². The minimum atomic E-state index is -1.00. The molecule has 0 unspecified atom stereocenters. The smallest absolute Gasteiger partial charge is 0.252 e. The van der Waals surface area contributed by atoms with Gasteiger partial charge in [-0.3, -0.25) is 9.78 Å². The second-order valence-electron chi connectivity index (χ2n) is 10.5. The minimum Gasteiger partial charge on any atom is -0.402 e. The van der Waals surface area contributed by atoms with E-state index in [1.807, 2.05) is 25.1 Å². The Morgan fingerprint density at radius 1 is 1.26 bits per heavy atom. The molecule has 4 aromatic rings. The first kappa shape index (κ1) is 28.7. The summed E-state index contributed by atoms with van der Waals surface area (Å²) in [7, 11) is 1.56. The molecular formula is C29H33FN10O2. The molecule has 1 atom stereocenters. The molecule has 0 saturated heterocycles. The zero-order valence-electron chi connectivity index (χ0n) is 23.7. The lowest BCUT2D eigenvalue weighted by Crippen LogP contribution is -2.51. The normalized spacial score (nSPS) is 20.4. The SMILES string of the molecule is COC1(C(=O)N[C@@H](C)c2ccc(-n3cc(F)cn3)nn2)CCC(c2nc(N=C(N)/C=C(/C)N)cc3cccnc23)CC1. The molecule has 218 valence electrons. The summed E-state index contributed by atoms with van der Waals surface area (Å²) in [5.74, 6) is 0.459. The van der Waals surface area contributed by atoms with Crippen LogP contribution in [-0.2, 0) is 9.53 Å². The zero-order valence-corrected chi connectivity index (χ0v) is 23.7.